The van der Waals surface area contributed by atoms with E-state index in [0.717, 1.165) is 15.7 Å². The Morgan fingerprint density at radius 2 is 1.89 bits per heavy atom. The molecule has 0 saturated carbocycles. The lowest BCUT2D eigenvalue weighted by Gasteiger charge is -2.09. The van der Waals surface area contributed by atoms with Gasteiger partial charge in [0.05, 0.1) is 0 Å². The maximum absolute atomic E-state index is 11.0. The first-order valence-electron chi connectivity index (χ1n) is 5.64. The van der Waals surface area contributed by atoms with Gasteiger partial charge in [0.15, 0.2) is 0 Å². The molecule has 0 bridgehead atoms. The van der Waals surface area contributed by atoms with Crippen molar-refractivity contribution in [3.05, 3.63) is 63.1 Å². The molecule has 0 unspecified atom stereocenters. The Bertz CT molecular complexity index is 599. The van der Waals surface area contributed by atoms with Crippen LogP contribution in [0, 0.1) is 0 Å². The van der Waals surface area contributed by atoms with Crippen molar-refractivity contribution < 1.29 is 4.79 Å². The monoisotopic (exact) mass is 338 g/mol. The second-order valence-electron chi connectivity index (χ2n) is 4.03. The summed E-state index contributed by atoms with van der Waals surface area (Å²) in [6, 6.07) is 12.9. The number of carbonyl (C=O) groups excluding carboxylic acids is 1. The molecule has 0 spiro atoms. The summed E-state index contributed by atoms with van der Waals surface area (Å²) in [5.74, 6) is -0.477. The van der Waals surface area contributed by atoms with E-state index in [9.17, 15) is 4.79 Å². The molecule has 0 saturated heterocycles. The van der Waals surface area contributed by atoms with Crippen LogP contribution in [-0.4, -0.2) is 5.91 Å². The molecule has 0 radical (unpaired) electrons. The minimum Gasteiger partial charge on any atom is -0.381 e. The fraction of sp³-hybridized carbons (Fsp3) is 0.0714. The van der Waals surface area contributed by atoms with Gasteiger partial charge in [0.2, 0.25) is 5.91 Å². The van der Waals surface area contributed by atoms with Crippen molar-refractivity contribution in [3.8, 4) is 0 Å². The smallest absolute Gasteiger partial charge is 0.248 e. The first kappa shape index (κ1) is 13.9. The van der Waals surface area contributed by atoms with E-state index in [2.05, 4.69) is 21.2 Å². The fourth-order valence-corrected chi connectivity index (χ4v) is 2.12. The third-order valence-electron chi connectivity index (χ3n) is 2.66. The number of benzene rings is 2. The maximum Gasteiger partial charge on any atom is 0.248 e. The minimum absolute atomic E-state index is 0.414. The van der Waals surface area contributed by atoms with E-state index in [1.807, 2.05) is 24.3 Å². The van der Waals surface area contributed by atoms with Crippen molar-refractivity contribution in [3.63, 3.8) is 0 Å². The van der Waals surface area contributed by atoms with Crippen LogP contribution in [0.1, 0.15) is 15.9 Å². The number of anilines is 1. The van der Waals surface area contributed by atoms with Crippen LogP contribution in [0.25, 0.3) is 0 Å². The molecule has 5 heteroatoms. The van der Waals surface area contributed by atoms with Crippen molar-refractivity contribution in [1.82, 2.24) is 0 Å². The number of rotatable bonds is 4. The molecule has 0 aromatic heterocycles. The van der Waals surface area contributed by atoms with E-state index in [1.54, 1.807) is 18.2 Å². The van der Waals surface area contributed by atoms with Gasteiger partial charge in [0, 0.05) is 27.3 Å². The summed E-state index contributed by atoms with van der Waals surface area (Å²) in [6.07, 6.45) is 0. The highest BCUT2D eigenvalue weighted by molar-refractivity contribution is 9.10. The van der Waals surface area contributed by atoms with Gasteiger partial charge in [-0.15, -0.1) is 0 Å². The second-order valence-corrected chi connectivity index (χ2v) is 5.35. The van der Waals surface area contributed by atoms with Crippen molar-refractivity contribution in [2.45, 2.75) is 6.54 Å². The number of amides is 1. The van der Waals surface area contributed by atoms with Crippen LogP contribution in [0.15, 0.2) is 46.9 Å². The van der Waals surface area contributed by atoms with Crippen molar-refractivity contribution in [2.24, 2.45) is 5.73 Å². The molecular formula is C14H12BrClN2O. The summed E-state index contributed by atoms with van der Waals surface area (Å²) in [7, 11) is 0. The third kappa shape index (κ3) is 3.72. The zero-order valence-corrected chi connectivity index (χ0v) is 12.3. The van der Waals surface area contributed by atoms with Crippen molar-refractivity contribution in [2.75, 3.05) is 5.32 Å². The summed E-state index contributed by atoms with van der Waals surface area (Å²) >= 11 is 9.49. The summed E-state index contributed by atoms with van der Waals surface area (Å²) in [5.41, 5.74) is 7.52. The van der Waals surface area contributed by atoms with E-state index >= 15 is 0 Å². The molecule has 0 heterocycles. The number of nitrogens with one attached hydrogen (secondary N) is 1. The van der Waals surface area contributed by atoms with Crippen LogP contribution in [0.5, 0.6) is 0 Å². The summed E-state index contributed by atoms with van der Waals surface area (Å²) < 4.78 is 1.03. The Labute approximate surface area is 124 Å². The third-order valence-corrected chi connectivity index (χ3v) is 3.55. The topological polar surface area (TPSA) is 55.1 Å². The number of nitrogens with two attached hydrogens (primary N) is 1. The van der Waals surface area contributed by atoms with E-state index in [-0.39, 0.29) is 0 Å². The molecule has 2 aromatic rings. The largest absolute Gasteiger partial charge is 0.381 e. The Hall–Kier alpha value is -1.52. The predicted octanol–water partition coefficient (Wildman–Crippen LogP) is 3.81. The van der Waals surface area contributed by atoms with E-state index < -0.39 is 5.91 Å². The van der Waals surface area contributed by atoms with Crippen LogP contribution < -0.4 is 11.1 Å². The lowest BCUT2D eigenvalue weighted by Crippen LogP contribution is -2.11. The van der Waals surface area contributed by atoms with Crippen LogP contribution in [0.2, 0.25) is 5.02 Å². The maximum atomic E-state index is 11.0. The van der Waals surface area contributed by atoms with Crippen LogP contribution >= 0.6 is 27.5 Å². The van der Waals surface area contributed by atoms with Crippen molar-refractivity contribution >= 4 is 39.1 Å². The zero-order valence-electron chi connectivity index (χ0n) is 9.99. The molecule has 0 aliphatic rings. The van der Waals surface area contributed by atoms with Crippen LogP contribution in [0.4, 0.5) is 5.69 Å². The van der Waals surface area contributed by atoms with Gasteiger partial charge in [-0.3, -0.25) is 4.79 Å². The number of carbonyl (C=O) groups is 1. The molecule has 0 aliphatic carbocycles. The van der Waals surface area contributed by atoms with Gasteiger partial charge in [-0.2, -0.15) is 0 Å². The summed E-state index contributed by atoms with van der Waals surface area (Å²) in [6.45, 7) is 0.583. The second kappa shape index (κ2) is 6.08. The molecule has 1 amide bonds. The Kier molecular flexibility index (Phi) is 4.45. The molecule has 19 heavy (non-hydrogen) atoms. The van der Waals surface area contributed by atoms with E-state index in [0.29, 0.717) is 17.1 Å². The van der Waals surface area contributed by atoms with E-state index in [1.165, 1.54) is 0 Å². The molecule has 3 N–H and O–H groups in total. The van der Waals surface area contributed by atoms with Gasteiger partial charge in [-0.25, -0.2) is 0 Å². The first-order valence-corrected chi connectivity index (χ1v) is 6.81. The molecule has 0 fully saturated rings. The Morgan fingerprint density at radius 3 is 2.47 bits per heavy atom. The van der Waals surface area contributed by atoms with Crippen LogP contribution in [-0.2, 0) is 6.54 Å². The Balaban J connectivity index is 2.07. The Morgan fingerprint density at radius 1 is 1.21 bits per heavy atom. The standard InChI is InChI=1S/C14H12BrClN2O/c15-11-3-5-12(6-4-11)18-8-10-2-1-9(14(17)19)7-13(10)16/h1-7,18H,8H2,(H2,17,19). The lowest BCUT2D eigenvalue weighted by molar-refractivity contribution is 0.100. The molecule has 3 nitrogen and oxygen atoms in total. The highest BCUT2D eigenvalue weighted by Crippen LogP contribution is 2.20. The van der Waals surface area contributed by atoms with Crippen molar-refractivity contribution in [1.29, 1.82) is 0 Å². The van der Waals surface area contributed by atoms with E-state index in [4.69, 9.17) is 17.3 Å². The molecule has 2 aromatic carbocycles. The van der Waals surface area contributed by atoms with Gasteiger partial charge < -0.3 is 11.1 Å². The number of hydrogen-bond acceptors (Lipinski definition) is 2. The van der Waals surface area contributed by atoms with Gasteiger partial charge in [0.1, 0.15) is 0 Å². The number of hydrogen-bond donors (Lipinski definition) is 2. The minimum atomic E-state index is -0.477. The van der Waals surface area contributed by atoms with Crippen LogP contribution in [0.3, 0.4) is 0 Å². The number of primary amides is 1. The molecule has 2 rings (SSSR count). The quantitative estimate of drug-likeness (QED) is 0.890. The zero-order chi connectivity index (χ0) is 13.8. The van der Waals surface area contributed by atoms with Gasteiger partial charge in [-0.1, -0.05) is 33.6 Å². The molecular weight excluding hydrogens is 328 g/mol. The average Bonchev–Trinajstić information content (AvgIpc) is 2.39. The highest BCUT2D eigenvalue weighted by atomic mass is 79.9. The van der Waals surface area contributed by atoms with Gasteiger partial charge in [-0.05, 0) is 42.0 Å². The summed E-state index contributed by atoms with van der Waals surface area (Å²) in [4.78, 5) is 11.0. The molecule has 0 atom stereocenters. The first-order chi connectivity index (χ1) is 9.06. The highest BCUT2D eigenvalue weighted by Gasteiger charge is 2.05. The average molecular weight is 340 g/mol. The number of halogens is 2. The fourth-order valence-electron chi connectivity index (χ4n) is 1.61. The molecule has 98 valence electrons. The normalized spacial score (nSPS) is 10.2. The summed E-state index contributed by atoms with van der Waals surface area (Å²) in [5, 5.41) is 3.78. The van der Waals surface area contributed by atoms with Gasteiger partial charge >= 0.3 is 0 Å². The molecule has 0 aliphatic heterocycles. The SMILES string of the molecule is NC(=O)c1ccc(CNc2ccc(Br)cc2)c(Cl)c1. The predicted molar refractivity (Wildman–Crippen MR) is 81.4 cm³/mol. The van der Waals surface area contributed by atoms with Gasteiger partial charge in [0.25, 0.3) is 0 Å². The lowest BCUT2D eigenvalue weighted by atomic mass is 10.1.